The molecule has 0 unspecified atom stereocenters. The molecule has 0 aliphatic carbocycles. The number of nitrogens with one attached hydrogen (secondary N) is 2. The predicted octanol–water partition coefficient (Wildman–Crippen LogP) is 1.99. The van der Waals surface area contributed by atoms with Crippen molar-refractivity contribution < 1.29 is 9.59 Å². The Bertz CT molecular complexity index is 195. The van der Waals surface area contributed by atoms with E-state index in [-0.39, 0.29) is 11.8 Å². The molecular formula is C13H26N2O2. The molecule has 0 aliphatic heterocycles. The van der Waals surface area contributed by atoms with Gasteiger partial charge in [0.25, 0.3) is 0 Å². The lowest BCUT2D eigenvalue weighted by molar-refractivity contribution is -0.121. The second kappa shape index (κ2) is 11.4. The first kappa shape index (κ1) is 15.9. The summed E-state index contributed by atoms with van der Waals surface area (Å²) < 4.78 is 0. The number of carbonyl (C=O) groups is 2. The smallest absolute Gasteiger partial charge is 0.219 e. The molecule has 0 saturated heterocycles. The first-order chi connectivity index (χ1) is 8.20. The highest BCUT2D eigenvalue weighted by atomic mass is 16.2. The van der Waals surface area contributed by atoms with Gasteiger partial charge in [-0.1, -0.05) is 33.1 Å². The zero-order valence-corrected chi connectivity index (χ0v) is 11.2. The molecule has 0 heterocycles. The van der Waals surface area contributed by atoms with Gasteiger partial charge in [-0.25, -0.2) is 0 Å². The SMILES string of the molecule is CCC(=O)NCCCCCCCNC(=O)CC. The molecule has 0 radical (unpaired) electrons. The van der Waals surface area contributed by atoms with Crippen molar-refractivity contribution in [1.82, 2.24) is 10.6 Å². The van der Waals surface area contributed by atoms with Crippen molar-refractivity contribution in [1.29, 1.82) is 0 Å². The lowest BCUT2D eigenvalue weighted by Gasteiger charge is -2.04. The van der Waals surface area contributed by atoms with Crippen LogP contribution in [0, 0.1) is 0 Å². The zero-order valence-electron chi connectivity index (χ0n) is 11.2. The monoisotopic (exact) mass is 242 g/mol. The molecule has 4 nitrogen and oxygen atoms in total. The Morgan fingerprint density at radius 2 is 1.06 bits per heavy atom. The molecule has 0 atom stereocenters. The Hall–Kier alpha value is -1.06. The van der Waals surface area contributed by atoms with Crippen molar-refractivity contribution in [3.8, 4) is 0 Å². The average molecular weight is 242 g/mol. The highest BCUT2D eigenvalue weighted by Gasteiger charge is 1.97. The molecule has 17 heavy (non-hydrogen) atoms. The van der Waals surface area contributed by atoms with Gasteiger partial charge < -0.3 is 10.6 Å². The van der Waals surface area contributed by atoms with Crippen LogP contribution in [0.4, 0.5) is 0 Å². The highest BCUT2D eigenvalue weighted by molar-refractivity contribution is 5.75. The van der Waals surface area contributed by atoms with Gasteiger partial charge >= 0.3 is 0 Å². The third kappa shape index (κ3) is 11.2. The number of carbonyl (C=O) groups excluding carboxylic acids is 2. The van der Waals surface area contributed by atoms with Crippen LogP contribution in [0.15, 0.2) is 0 Å². The molecule has 0 aliphatic rings. The molecule has 100 valence electrons. The van der Waals surface area contributed by atoms with Gasteiger partial charge in [-0.3, -0.25) is 9.59 Å². The Morgan fingerprint density at radius 3 is 1.41 bits per heavy atom. The molecule has 0 rings (SSSR count). The van der Waals surface area contributed by atoms with Crippen LogP contribution in [-0.2, 0) is 9.59 Å². The topological polar surface area (TPSA) is 58.2 Å². The largest absolute Gasteiger partial charge is 0.356 e. The van der Waals surface area contributed by atoms with Crippen molar-refractivity contribution in [3.05, 3.63) is 0 Å². The normalized spacial score (nSPS) is 10.0. The average Bonchev–Trinajstić information content (AvgIpc) is 2.35. The summed E-state index contributed by atoms with van der Waals surface area (Å²) in [7, 11) is 0. The molecular weight excluding hydrogens is 216 g/mol. The van der Waals surface area contributed by atoms with E-state index in [1.165, 1.54) is 6.42 Å². The minimum Gasteiger partial charge on any atom is -0.356 e. The molecule has 2 amide bonds. The van der Waals surface area contributed by atoms with Gasteiger partial charge in [-0.2, -0.15) is 0 Å². The van der Waals surface area contributed by atoms with Gasteiger partial charge in [-0.15, -0.1) is 0 Å². The molecule has 0 saturated carbocycles. The summed E-state index contributed by atoms with van der Waals surface area (Å²) in [5.41, 5.74) is 0. The van der Waals surface area contributed by atoms with Crippen LogP contribution in [-0.4, -0.2) is 24.9 Å². The van der Waals surface area contributed by atoms with Crippen LogP contribution in [0.25, 0.3) is 0 Å². The van der Waals surface area contributed by atoms with Crippen LogP contribution >= 0.6 is 0 Å². The molecule has 0 aromatic carbocycles. The minimum atomic E-state index is 0.132. The molecule has 0 fully saturated rings. The second-order valence-corrected chi connectivity index (χ2v) is 4.17. The number of amides is 2. The summed E-state index contributed by atoms with van der Waals surface area (Å²) in [6.07, 6.45) is 6.69. The number of unbranched alkanes of at least 4 members (excludes halogenated alkanes) is 4. The summed E-state index contributed by atoms with van der Waals surface area (Å²) in [6, 6.07) is 0. The number of hydrogen-bond acceptors (Lipinski definition) is 2. The fraction of sp³-hybridized carbons (Fsp3) is 0.846. The fourth-order valence-electron chi connectivity index (χ4n) is 1.49. The van der Waals surface area contributed by atoms with E-state index in [0.29, 0.717) is 12.8 Å². The highest BCUT2D eigenvalue weighted by Crippen LogP contribution is 2.01. The summed E-state index contributed by atoms with van der Waals surface area (Å²) in [5, 5.41) is 5.72. The molecule has 2 N–H and O–H groups in total. The lowest BCUT2D eigenvalue weighted by Crippen LogP contribution is -2.23. The molecule has 0 bridgehead atoms. The Balaban J connectivity index is 3.08. The van der Waals surface area contributed by atoms with E-state index < -0.39 is 0 Å². The molecule has 0 spiro atoms. The summed E-state index contributed by atoms with van der Waals surface area (Å²) >= 11 is 0. The zero-order chi connectivity index (χ0) is 12.9. The number of hydrogen-bond donors (Lipinski definition) is 2. The van der Waals surface area contributed by atoms with Crippen molar-refractivity contribution >= 4 is 11.8 Å². The fourth-order valence-corrected chi connectivity index (χ4v) is 1.49. The van der Waals surface area contributed by atoms with Gasteiger partial charge in [0.2, 0.25) is 11.8 Å². The van der Waals surface area contributed by atoms with Crippen molar-refractivity contribution in [2.24, 2.45) is 0 Å². The lowest BCUT2D eigenvalue weighted by atomic mass is 10.1. The first-order valence-corrected chi connectivity index (χ1v) is 6.74. The Morgan fingerprint density at radius 1 is 0.706 bits per heavy atom. The maximum atomic E-state index is 10.9. The van der Waals surface area contributed by atoms with E-state index in [9.17, 15) is 9.59 Å². The van der Waals surface area contributed by atoms with Gasteiger partial charge in [0, 0.05) is 25.9 Å². The summed E-state index contributed by atoms with van der Waals surface area (Å²) in [5.74, 6) is 0.263. The summed E-state index contributed by atoms with van der Waals surface area (Å²) in [6.45, 7) is 5.30. The molecule has 4 heteroatoms. The van der Waals surface area contributed by atoms with E-state index >= 15 is 0 Å². The van der Waals surface area contributed by atoms with E-state index in [1.807, 2.05) is 13.8 Å². The molecule has 0 aromatic heterocycles. The minimum absolute atomic E-state index is 0.132. The third-order valence-electron chi connectivity index (χ3n) is 2.64. The standard InChI is InChI=1S/C13H26N2O2/c1-3-12(16)14-10-8-6-5-7-9-11-15-13(17)4-2/h3-11H2,1-2H3,(H,14,16)(H,15,17). The quantitative estimate of drug-likeness (QED) is 0.576. The van der Waals surface area contributed by atoms with Gasteiger partial charge in [0.15, 0.2) is 0 Å². The Labute approximate surface area is 105 Å². The van der Waals surface area contributed by atoms with E-state index in [1.54, 1.807) is 0 Å². The van der Waals surface area contributed by atoms with Gasteiger partial charge in [0.05, 0.1) is 0 Å². The van der Waals surface area contributed by atoms with Crippen LogP contribution in [0.5, 0.6) is 0 Å². The van der Waals surface area contributed by atoms with Gasteiger partial charge in [0.1, 0.15) is 0 Å². The predicted molar refractivity (Wildman–Crippen MR) is 69.7 cm³/mol. The van der Waals surface area contributed by atoms with E-state index in [4.69, 9.17) is 0 Å². The van der Waals surface area contributed by atoms with Crippen molar-refractivity contribution in [2.45, 2.75) is 58.8 Å². The maximum absolute atomic E-state index is 10.9. The molecule has 0 aromatic rings. The second-order valence-electron chi connectivity index (χ2n) is 4.17. The maximum Gasteiger partial charge on any atom is 0.219 e. The van der Waals surface area contributed by atoms with Gasteiger partial charge in [-0.05, 0) is 12.8 Å². The van der Waals surface area contributed by atoms with Crippen molar-refractivity contribution in [3.63, 3.8) is 0 Å². The third-order valence-corrected chi connectivity index (χ3v) is 2.64. The van der Waals surface area contributed by atoms with Crippen LogP contribution in [0.3, 0.4) is 0 Å². The van der Waals surface area contributed by atoms with E-state index in [2.05, 4.69) is 10.6 Å². The van der Waals surface area contributed by atoms with E-state index in [0.717, 1.165) is 38.8 Å². The van der Waals surface area contributed by atoms with Crippen LogP contribution in [0.2, 0.25) is 0 Å². The van der Waals surface area contributed by atoms with Crippen LogP contribution in [0.1, 0.15) is 58.8 Å². The van der Waals surface area contributed by atoms with Crippen LogP contribution < -0.4 is 10.6 Å². The summed E-state index contributed by atoms with van der Waals surface area (Å²) in [4.78, 5) is 21.9. The van der Waals surface area contributed by atoms with Crippen molar-refractivity contribution in [2.75, 3.05) is 13.1 Å². The number of rotatable bonds is 10. The Kier molecular flexibility index (Phi) is 10.7. The first-order valence-electron chi connectivity index (χ1n) is 6.74.